The van der Waals surface area contributed by atoms with Crippen LogP contribution in [0.25, 0.3) is 0 Å². The lowest BCUT2D eigenvalue weighted by Crippen LogP contribution is -2.28. The number of Topliss-reactive ketones (excluding diaryl/α,β-unsaturated/α-hetero) is 1. The van der Waals surface area contributed by atoms with E-state index in [4.69, 9.17) is 4.74 Å². The molecule has 2 nitrogen and oxygen atoms in total. The first-order chi connectivity index (χ1) is 8.90. The number of carbonyl (C=O) groups is 1. The monoisotopic (exact) mass is 268 g/mol. The maximum atomic E-state index is 13.5. The first-order valence-corrected chi connectivity index (χ1v) is 6.52. The molecule has 1 aromatic rings. The van der Waals surface area contributed by atoms with Crippen LogP contribution in [0.4, 0.5) is 8.78 Å². The van der Waals surface area contributed by atoms with Gasteiger partial charge in [0, 0.05) is 18.4 Å². The van der Waals surface area contributed by atoms with Gasteiger partial charge < -0.3 is 4.74 Å². The maximum absolute atomic E-state index is 13.5. The Kier molecular flexibility index (Phi) is 3.99. The van der Waals surface area contributed by atoms with Gasteiger partial charge in [0.25, 0.3) is 0 Å². The number of halogens is 2. The Morgan fingerprint density at radius 3 is 2.42 bits per heavy atom. The van der Waals surface area contributed by atoms with Crippen LogP contribution in [0.5, 0.6) is 0 Å². The highest BCUT2D eigenvalue weighted by Gasteiger charge is 2.41. The van der Waals surface area contributed by atoms with Gasteiger partial charge in [0.15, 0.2) is 0 Å². The number of benzene rings is 1. The standard InChI is InChI=1S/C15H18F2O2/c1-8-9(2)19-10(3)15(8)14(18)6-11-4-5-12(16)7-13(11)17/h4-5,7-10,15H,6H2,1-3H3. The number of ether oxygens (including phenoxy) is 1. The van der Waals surface area contributed by atoms with Gasteiger partial charge in [-0.2, -0.15) is 0 Å². The van der Waals surface area contributed by atoms with Gasteiger partial charge in [-0.25, -0.2) is 8.78 Å². The van der Waals surface area contributed by atoms with Crippen molar-refractivity contribution in [3.8, 4) is 0 Å². The lowest BCUT2D eigenvalue weighted by molar-refractivity contribution is -0.124. The lowest BCUT2D eigenvalue weighted by Gasteiger charge is -2.17. The molecule has 1 aliphatic heterocycles. The molecule has 1 aromatic carbocycles. The van der Waals surface area contributed by atoms with Crippen LogP contribution < -0.4 is 0 Å². The van der Waals surface area contributed by atoms with E-state index < -0.39 is 11.6 Å². The topological polar surface area (TPSA) is 26.3 Å². The first kappa shape index (κ1) is 14.1. The number of ketones is 1. The maximum Gasteiger partial charge on any atom is 0.143 e. The Hall–Kier alpha value is -1.29. The Bertz CT molecular complexity index is 487. The van der Waals surface area contributed by atoms with E-state index in [1.165, 1.54) is 12.1 Å². The van der Waals surface area contributed by atoms with Crippen molar-refractivity contribution in [1.82, 2.24) is 0 Å². The van der Waals surface area contributed by atoms with E-state index in [0.29, 0.717) is 0 Å². The number of hydrogen-bond acceptors (Lipinski definition) is 2. The number of rotatable bonds is 3. The van der Waals surface area contributed by atoms with Gasteiger partial charge in [-0.3, -0.25) is 4.79 Å². The SMILES string of the molecule is CC1OC(C)C(C(=O)Cc2ccc(F)cc2F)C1C. The van der Waals surface area contributed by atoms with Crippen molar-refractivity contribution in [3.63, 3.8) is 0 Å². The van der Waals surface area contributed by atoms with Crippen molar-refractivity contribution in [2.45, 2.75) is 39.4 Å². The van der Waals surface area contributed by atoms with E-state index in [-0.39, 0.29) is 41.8 Å². The third-order valence-corrected chi connectivity index (χ3v) is 3.99. The van der Waals surface area contributed by atoms with Crippen LogP contribution in [0.3, 0.4) is 0 Å². The highest BCUT2D eigenvalue weighted by atomic mass is 19.1. The molecule has 2 rings (SSSR count). The molecular formula is C15H18F2O2. The molecule has 1 fully saturated rings. The molecule has 0 aliphatic carbocycles. The quantitative estimate of drug-likeness (QED) is 0.842. The summed E-state index contributed by atoms with van der Waals surface area (Å²) in [6.07, 6.45) is -0.135. The third-order valence-electron chi connectivity index (χ3n) is 3.99. The predicted octanol–water partition coefficient (Wildman–Crippen LogP) is 3.14. The van der Waals surface area contributed by atoms with Crippen molar-refractivity contribution in [2.24, 2.45) is 11.8 Å². The molecule has 19 heavy (non-hydrogen) atoms. The summed E-state index contributed by atoms with van der Waals surface area (Å²) in [5.74, 6) is -1.45. The second-order valence-corrected chi connectivity index (χ2v) is 5.31. The first-order valence-electron chi connectivity index (χ1n) is 6.52. The molecule has 0 radical (unpaired) electrons. The van der Waals surface area contributed by atoms with Gasteiger partial charge in [0.05, 0.1) is 12.2 Å². The zero-order valence-corrected chi connectivity index (χ0v) is 11.3. The molecule has 1 heterocycles. The van der Waals surface area contributed by atoms with Gasteiger partial charge >= 0.3 is 0 Å². The number of carbonyl (C=O) groups excluding carboxylic acids is 1. The zero-order chi connectivity index (χ0) is 14.2. The van der Waals surface area contributed by atoms with E-state index >= 15 is 0 Å². The van der Waals surface area contributed by atoms with E-state index in [2.05, 4.69) is 0 Å². The highest BCUT2D eigenvalue weighted by Crippen LogP contribution is 2.33. The van der Waals surface area contributed by atoms with E-state index in [1.807, 2.05) is 20.8 Å². The second kappa shape index (κ2) is 5.37. The van der Waals surface area contributed by atoms with Crippen LogP contribution in [0, 0.1) is 23.5 Å². The van der Waals surface area contributed by atoms with Gasteiger partial charge in [-0.05, 0) is 31.4 Å². The normalized spacial score (nSPS) is 30.6. The summed E-state index contributed by atoms with van der Waals surface area (Å²) in [5.41, 5.74) is 0.241. The average molecular weight is 268 g/mol. The molecule has 0 N–H and O–H groups in total. The summed E-state index contributed by atoms with van der Waals surface area (Å²) >= 11 is 0. The van der Waals surface area contributed by atoms with Gasteiger partial charge in [0.2, 0.25) is 0 Å². The highest BCUT2D eigenvalue weighted by molar-refractivity contribution is 5.84. The molecule has 1 aliphatic rings. The minimum absolute atomic E-state index is 0.0124. The van der Waals surface area contributed by atoms with Crippen molar-refractivity contribution in [1.29, 1.82) is 0 Å². The molecule has 104 valence electrons. The fourth-order valence-corrected chi connectivity index (χ4v) is 2.79. The molecule has 0 aromatic heterocycles. The van der Waals surface area contributed by atoms with Crippen molar-refractivity contribution in [2.75, 3.05) is 0 Å². The molecule has 0 spiro atoms. The summed E-state index contributed by atoms with van der Waals surface area (Å²) in [4.78, 5) is 12.3. The van der Waals surface area contributed by atoms with Crippen LogP contribution in [-0.4, -0.2) is 18.0 Å². The Morgan fingerprint density at radius 1 is 1.21 bits per heavy atom. The Labute approximate surface area is 111 Å². The van der Waals surface area contributed by atoms with Crippen LogP contribution in [0.15, 0.2) is 18.2 Å². The van der Waals surface area contributed by atoms with E-state index in [1.54, 1.807) is 0 Å². The van der Waals surface area contributed by atoms with Crippen molar-refractivity contribution < 1.29 is 18.3 Å². The van der Waals surface area contributed by atoms with E-state index in [9.17, 15) is 13.6 Å². The number of hydrogen-bond donors (Lipinski definition) is 0. The molecule has 0 amide bonds. The van der Waals surface area contributed by atoms with E-state index in [0.717, 1.165) is 6.07 Å². The Balaban J connectivity index is 2.13. The molecule has 0 bridgehead atoms. The fraction of sp³-hybridized carbons (Fsp3) is 0.533. The molecule has 0 saturated carbocycles. The summed E-state index contributed by atoms with van der Waals surface area (Å²) < 4.78 is 32.0. The largest absolute Gasteiger partial charge is 0.375 e. The second-order valence-electron chi connectivity index (χ2n) is 5.31. The third kappa shape index (κ3) is 2.84. The van der Waals surface area contributed by atoms with Crippen molar-refractivity contribution >= 4 is 5.78 Å². The average Bonchev–Trinajstić information content (AvgIpc) is 2.57. The van der Waals surface area contributed by atoms with Crippen LogP contribution in [0.2, 0.25) is 0 Å². The molecule has 4 unspecified atom stereocenters. The van der Waals surface area contributed by atoms with Crippen molar-refractivity contribution in [3.05, 3.63) is 35.4 Å². The summed E-state index contributed by atoms with van der Waals surface area (Å²) in [5, 5.41) is 0. The molecule has 4 heteroatoms. The molecule has 1 saturated heterocycles. The summed E-state index contributed by atoms with van der Waals surface area (Å²) in [6.45, 7) is 5.77. The predicted molar refractivity (Wildman–Crippen MR) is 67.7 cm³/mol. The summed E-state index contributed by atoms with van der Waals surface area (Å²) in [6, 6.07) is 3.31. The lowest BCUT2D eigenvalue weighted by atomic mass is 9.84. The van der Waals surface area contributed by atoms with Gasteiger partial charge in [0.1, 0.15) is 17.4 Å². The summed E-state index contributed by atoms with van der Waals surface area (Å²) in [7, 11) is 0. The molecule has 4 atom stereocenters. The molecular weight excluding hydrogens is 250 g/mol. The van der Waals surface area contributed by atoms with Crippen LogP contribution in [0.1, 0.15) is 26.3 Å². The van der Waals surface area contributed by atoms with Crippen LogP contribution >= 0.6 is 0 Å². The minimum atomic E-state index is -0.666. The van der Waals surface area contributed by atoms with Crippen LogP contribution in [-0.2, 0) is 16.0 Å². The Morgan fingerprint density at radius 2 is 1.89 bits per heavy atom. The fourth-order valence-electron chi connectivity index (χ4n) is 2.79. The van der Waals surface area contributed by atoms with Gasteiger partial charge in [-0.15, -0.1) is 0 Å². The van der Waals surface area contributed by atoms with Gasteiger partial charge in [-0.1, -0.05) is 13.0 Å². The smallest absolute Gasteiger partial charge is 0.143 e. The zero-order valence-electron chi connectivity index (χ0n) is 11.3. The minimum Gasteiger partial charge on any atom is -0.375 e.